The summed E-state index contributed by atoms with van der Waals surface area (Å²) in [6.45, 7) is 4.19. The second-order valence-electron chi connectivity index (χ2n) is 9.98. The summed E-state index contributed by atoms with van der Waals surface area (Å²) in [6, 6.07) is 8.69. The van der Waals surface area contributed by atoms with Crippen molar-refractivity contribution in [2.45, 2.75) is 64.7 Å². The van der Waals surface area contributed by atoms with Crippen LogP contribution in [0.3, 0.4) is 0 Å². The van der Waals surface area contributed by atoms with E-state index >= 15 is 0 Å². The van der Waals surface area contributed by atoms with Crippen LogP contribution in [0.15, 0.2) is 38.6 Å². The van der Waals surface area contributed by atoms with Gasteiger partial charge in [0.15, 0.2) is 5.78 Å². The number of halogens is 1. The van der Waals surface area contributed by atoms with Crippen LogP contribution in [0.1, 0.15) is 72.8 Å². The molecule has 8 heteroatoms. The third-order valence-corrected chi connectivity index (χ3v) is 9.94. The number of allylic oxidation sites excluding steroid dienone is 3. The summed E-state index contributed by atoms with van der Waals surface area (Å²) in [6.07, 6.45) is 6.28. The zero-order valence-corrected chi connectivity index (χ0v) is 22.4. The van der Waals surface area contributed by atoms with E-state index in [1.165, 1.54) is 22.6 Å². The molecular formula is C26H25BrN4OS2. The van der Waals surface area contributed by atoms with Crippen molar-refractivity contribution >= 4 is 49.4 Å². The fraction of sp³-hybridized carbons (Fsp3) is 0.423. The van der Waals surface area contributed by atoms with Gasteiger partial charge in [-0.3, -0.25) is 9.69 Å². The molecule has 174 valence electrons. The Bertz CT molecular complexity index is 1350. The molecule has 2 aromatic heterocycles. The number of hydrogen-bond donors (Lipinski definition) is 1. The van der Waals surface area contributed by atoms with Crippen molar-refractivity contribution in [2.75, 3.05) is 4.90 Å². The number of nitrogens with two attached hydrogens (primary N) is 1. The van der Waals surface area contributed by atoms with E-state index in [9.17, 15) is 15.3 Å². The van der Waals surface area contributed by atoms with Gasteiger partial charge in [0.1, 0.15) is 16.9 Å². The normalized spacial score (nSPS) is 22.1. The molecule has 2 aliphatic carbocycles. The third-order valence-electron chi connectivity index (χ3n) is 6.98. The summed E-state index contributed by atoms with van der Waals surface area (Å²) in [5, 5.41) is 21.2. The first-order valence-corrected chi connectivity index (χ1v) is 13.9. The SMILES string of the molecule is CC1(C)CC(=O)C2=C(C1)N(c1sc3c(c1C#N)CCCCC3)C(N)=C(C#N)[C@H]2c1ccc(Br)s1. The van der Waals surface area contributed by atoms with E-state index in [1.807, 2.05) is 17.0 Å². The Kier molecular flexibility index (Phi) is 5.96. The molecule has 0 bridgehead atoms. The van der Waals surface area contributed by atoms with E-state index in [-0.39, 0.29) is 11.2 Å². The van der Waals surface area contributed by atoms with Gasteiger partial charge >= 0.3 is 0 Å². The maximum Gasteiger partial charge on any atom is 0.162 e. The molecule has 3 heterocycles. The van der Waals surface area contributed by atoms with Crippen molar-refractivity contribution in [2.24, 2.45) is 11.1 Å². The van der Waals surface area contributed by atoms with Gasteiger partial charge in [-0.1, -0.05) is 20.3 Å². The van der Waals surface area contributed by atoms with Crippen LogP contribution in [0.25, 0.3) is 0 Å². The highest BCUT2D eigenvalue weighted by molar-refractivity contribution is 9.11. The van der Waals surface area contributed by atoms with E-state index in [4.69, 9.17) is 5.73 Å². The fourth-order valence-corrected chi connectivity index (χ4v) is 8.43. The Labute approximate surface area is 216 Å². The third kappa shape index (κ3) is 3.73. The monoisotopic (exact) mass is 552 g/mol. The zero-order valence-electron chi connectivity index (χ0n) is 19.2. The zero-order chi connectivity index (χ0) is 24.2. The number of rotatable bonds is 2. The summed E-state index contributed by atoms with van der Waals surface area (Å²) in [4.78, 5) is 17.7. The summed E-state index contributed by atoms with van der Waals surface area (Å²) < 4.78 is 0.945. The van der Waals surface area contributed by atoms with E-state index in [0.717, 1.165) is 50.6 Å². The largest absolute Gasteiger partial charge is 0.384 e. The van der Waals surface area contributed by atoms with Crippen LogP contribution in [-0.4, -0.2) is 5.78 Å². The maximum absolute atomic E-state index is 13.6. The number of fused-ring (bicyclic) bond motifs is 1. The molecular weight excluding hydrogens is 528 g/mol. The average molecular weight is 554 g/mol. The molecule has 0 spiro atoms. The molecule has 3 aliphatic rings. The number of hydrogen-bond acceptors (Lipinski definition) is 7. The maximum atomic E-state index is 13.6. The van der Waals surface area contributed by atoms with Gasteiger partial charge in [0.2, 0.25) is 0 Å². The standard InChI is InChI=1S/C26H25BrN4OS2/c1-26(2)10-17-23(18(32)11-26)22(20-8-9-21(27)33-20)16(13-29)24(30)31(17)25-15(12-28)14-6-4-3-5-7-19(14)34-25/h8-9,22H,3-7,10-11,30H2,1-2H3/t22-/m0/s1. The highest BCUT2D eigenvalue weighted by Crippen LogP contribution is 2.53. The lowest BCUT2D eigenvalue weighted by Crippen LogP contribution is -2.42. The molecule has 0 amide bonds. The lowest BCUT2D eigenvalue weighted by molar-refractivity contribution is -0.118. The number of carbonyl (C=O) groups excluding carboxylic acids is 1. The van der Waals surface area contributed by atoms with Gasteiger partial charge < -0.3 is 5.73 Å². The van der Waals surface area contributed by atoms with Gasteiger partial charge in [-0.05, 0) is 71.1 Å². The minimum absolute atomic E-state index is 0.0580. The number of ketones is 1. The lowest BCUT2D eigenvalue weighted by atomic mass is 9.70. The van der Waals surface area contributed by atoms with Gasteiger partial charge in [-0.15, -0.1) is 22.7 Å². The van der Waals surface area contributed by atoms with Crippen LogP contribution >= 0.6 is 38.6 Å². The van der Waals surface area contributed by atoms with E-state index in [2.05, 4.69) is 41.9 Å². The molecule has 2 N–H and O–H groups in total. The van der Waals surface area contributed by atoms with E-state index in [1.54, 1.807) is 11.3 Å². The molecule has 0 saturated carbocycles. The van der Waals surface area contributed by atoms with Gasteiger partial charge in [-0.25, -0.2) is 0 Å². The summed E-state index contributed by atoms with van der Waals surface area (Å²) in [7, 11) is 0. The lowest BCUT2D eigenvalue weighted by Gasteiger charge is -2.43. The minimum atomic E-state index is -0.473. The number of Topliss-reactive ketones (excluding diaryl/α,β-unsaturated/α-hetero) is 1. The number of carbonyl (C=O) groups is 1. The molecule has 0 unspecified atom stereocenters. The Morgan fingerprint density at radius 2 is 1.88 bits per heavy atom. The smallest absolute Gasteiger partial charge is 0.162 e. The van der Waals surface area contributed by atoms with Crippen LogP contribution in [0, 0.1) is 28.1 Å². The molecule has 2 aromatic rings. The van der Waals surface area contributed by atoms with Crippen molar-refractivity contribution < 1.29 is 4.79 Å². The van der Waals surface area contributed by atoms with Gasteiger partial charge in [-0.2, -0.15) is 10.5 Å². The quantitative estimate of drug-likeness (QED) is 0.420. The molecule has 0 fully saturated rings. The molecule has 0 radical (unpaired) electrons. The molecule has 34 heavy (non-hydrogen) atoms. The van der Waals surface area contributed by atoms with Crippen molar-refractivity contribution in [1.29, 1.82) is 10.5 Å². The molecule has 0 saturated heterocycles. The van der Waals surface area contributed by atoms with E-state index in [0.29, 0.717) is 35.4 Å². The minimum Gasteiger partial charge on any atom is -0.384 e. The topological polar surface area (TPSA) is 93.9 Å². The van der Waals surface area contributed by atoms with Crippen molar-refractivity contribution in [1.82, 2.24) is 0 Å². The molecule has 0 aromatic carbocycles. The first kappa shape index (κ1) is 23.4. The molecule has 5 rings (SSSR count). The second-order valence-corrected chi connectivity index (χ2v) is 13.6. The van der Waals surface area contributed by atoms with Gasteiger partial charge in [0.25, 0.3) is 0 Å². The predicted molar refractivity (Wildman–Crippen MR) is 139 cm³/mol. The number of nitriles is 2. The average Bonchev–Trinajstić information content (AvgIpc) is 3.27. The highest BCUT2D eigenvalue weighted by Gasteiger charge is 2.46. The summed E-state index contributed by atoms with van der Waals surface area (Å²) >= 11 is 6.66. The van der Waals surface area contributed by atoms with Crippen LogP contribution in [0.2, 0.25) is 0 Å². The van der Waals surface area contributed by atoms with Crippen LogP contribution in [-0.2, 0) is 17.6 Å². The molecule has 5 nitrogen and oxygen atoms in total. The van der Waals surface area contributed by atoms with Gasteiger partial charge in [0, 0.05) is 27.4 Å². The Morgan fingerprint density at radius 3 is 2.56 bits per heavy atom. The van der Waals surface area contributed by atoms with Crippen molar-refractivity contribution in [3.05, 3.63) is 59.5 Å². The first-order valence-electron chi connectivity index (χ1n) is 11.5. The van der Waals surface area contributed by atoms with Crippen LogP contribution in [0.4, 0.5) is 5.00 Å². The van der Waals surface area contributed by atoms with Crippen molar-refractivity contribution in [3.63, 3.8) is 0 Å². The predicted octanol–water partition coefficient (Wildman–Crippen LogP) is 6.65. The fourth-order valence-electron chi connectivity index (χ4n) is 5.51. The molecule has 1 atom stereocenters. The van der Waals surface area contributed by atoms with Gasteiger partial charge in [0.05, 0.1) is 26.9 Å². The second kappa shape index (κ2) is 8.68. The number of aryl methyl sites for hydroxylation is 1. The number of anilines is 1. The van der Waals surface area contributed by atoms with Crippen LogP contribution in [0.5, 0.6) is 0 Å². The Balaban J connectivity index is 1.78. The van der Waals surface area contributed by atoms with Crippen molar-refractivity contribution in [3.8, 4) is 12.1 Å². The first-order chi connectivity index (χ1) is 16.3. The summed E-state index contributed by atoms with van der Waals surface area (Å²) in [5.74, 6) is -0.0729. The van der Waals surface area contributed by atoms with E-state index < -0.39 is 5.92 Å². The Hall–Kier alpha value is -2.39. The summed E-state index contributed by atoms with van der Waals surface area (Å²) in [5.41, 5.74) is 10.2. The number of nitrogens with zero attached hydrogens (tertiary/aromatic N) is 3. The van der Waals surface area contributed by atoms with Crippen LogP contribution < -0.4 is 10.6 Å². The highest BCUT2D eigenvalue weighted by atomic mass is 79.9. The Morgan fingerprint density at radius 1 is 1.12 bits per heavy atom. The molecule has 1 aliphatic heterocycles. The number of thiophene rings is 2.